The lowest BCUT2D eigenvalue weighted by molar-refractivity contribution is 0.155. The van der Waals surface area contributed by atoms with Crippen molar-refractivity contribution in [1.82, 2.24) is 0 Å². The van der Waals surface area contributed by atoms with Gasteiger partial charge in [0, 0.05) is 16.7 Å². The molecule has 2 nitrogen and oxygen atoms in total. The van der Waals surface area contributed by atoms with Crippen molar-refractivity contribution in [2.75, 3.05) is 11.9 Å². The number of aliphatic hydroxyl groups excluding tert-OH is 1. The maximum Gasteiger partial charge on any atom is 0.0715 e. The van der Waals surface area contributed by atoms with E-state index in [9.17, 15) is 5.11 Å². The van der Waals surface area contributed by atoms with E-state index < -0.39 is 0 Å². The molecule has 2 aromatic rings. The van der Waals surface area contributed by atoms with Crippen molar-refractivity contribution in [2.45, 2.75) is 38.2 Å². The van der Waals surface area contributed by atoms with Gasteiger partial charge in [-0.15, -0.1) is 0 Å². The highest BCUT2D eigenvalue weighted by Gasteiger charge is 2.18. The standard InChI is InChI=1S/C18H22BrNO/c19-16-7-5-15-11-17(8-6-14(15)10-16)20-12-18(21)9-13-3-1-2-4-13/h5-8,10-11,13,18,20-21H,1-4,9,12H2. The summed E-state index contributed by atoms with van der Waals surface area (Å²) < 4.78 is 1.10. The van der Waals surface area contributed by atoms with Crippen LogP contribution in [0.3, 0.4) is 0 Å². The third kappa shape index (κ3) is 3.98. The summed E-state index contributed by atoms with van der Waals surface area (Å²) in [5, 5.41) is 16.0. The average molecular weight is 348 g/mol. The second kappa shape index (κ2) is 6.80. The monoisotopic (exact) mass is 347 g/mol. The first-order valence-electron chi connectivity index (χ1n) is 7.82. The Hall–Kier alpha value is -1.06. The second-order valence-corrected chi connectivity index (χ2v) is 7.04. The van der Waals surface area contributed by atoms with Crippen molar-refractivity contribution in [2.24, 2.45) is 5.92 Å². The zero-order valence-corrected chi connectivity index (χ0v) is 13.8. The number of hydrogen-bond acceptors (Lipinski definition) is 2. The van der Waals surface area contributed by atoms with Crippen LogP contribution in [0.2, 0.25) is 0 Å². The predicted octanol–water partition coefficient (Wildman–Crippen LogP) is 4.96. The van der Waals surface area contributed by atoms with Crippen molar-refractivity contribution in [1.29, 1.82) is 0 Å². The molecule has 0 heterocycles. The van der Waals surface area contributed by atoms with Crippen molar-refractivity contribution in [3.05, 3.63) is 40.9 Å². The summed E-state index contributed by atoms with van der Waals surface area (Å²) >= 11 is 3.49. The molecule has 1 aliphatic carbocycles. The van der Waals surface area contributed by atoms with Gasteiger partial charge < -0.3 is 10.4 Å². The number of aliphatic hydroxyl groups is 1. The molecule has 21 heavy (non-hydrogen) atoms. The van der Waals surface area contributed by atoms with Crippen LogP contribution >= 0.6 is 15.9 Å². The van der Waals surface area contributed by atoms with E-state index in [1.165, 1.54) is 36.5 Å². The van der Waals surface area contributed by atoms with E-state index in [0.717, 1.165) is 22.5 Å². The van der Waals surface area contributed by atoms with Crippen molar-refractivity contribution >= 4 is 32.4 Å². The Morgan fingerprint density at radius 2 is 1.81 bits per heavy atom. The van der Waals surface area contributed by atoms with Gasteiger partial charge in [-0.05, 0) is 47.4 Å². The Balaban J connectivity index is 1.58. The zero-order valence-electron chi connectivity index (χ0n) is 12.2. The molecule has 0 radical (unpaired) electrons. The molecule has 1 fully saturated rings. The number of benzene rings is 2. The molecular formula is C18H22BrNO. The largest absolute Gasteiger partial charge is 0.391 e. The summed E-state index contributed by atoms with van der Waals surface area (Å²) in [7, 11) is 0. The molecule has 1 saturated carbocycles. The van der Waals surface area contributed by atoms with Gasteiger partial charge in [0.05, 0.1) is 6.10 Å². The fourth-order valence-corrected chi connectivity index (χ4v) is 3.66. The van der Waals surface area contributed by atoms with Crippen LogP contribution in [-0.4, -0.2) is 17.8 Å². The molecular weight excluding hydrogens is 326 g/mol. The van der Waals surface area contributed by atoms with Crippen LogP contribution in [0.5, 0.6) is 0 Å². The minimum absolute atomic E-state index is 0.242. The molecule has 1 aliphatic rings. The maximum absolute atomic E-state index is 10.2. The van der Waals surface area contributed by atoms with E-state index in [4.69, 9.17) is 0 Å². The molecule has 2 N–H and O–H groups in total. The molecule has 1 atom stereocenters. The topological polar surface area (TPSA) is 32.3 Å². The number of rotatable bonds is 5. The fraction of sp³-hybridized carbons (Fsp3) is 0.444. The molecule has 0 spiro atoms. The summed E-state index contributed by atoms with van der Waals surface area (Å²) in [5.74, 6) is 0.732. The van der Waals surface area contributed by atoms with Crippen LogP contribution in [0.1, 0.15) is 32.1 Å². The highest BCUT2D eigenvalue weighted by molar-refractivity contribution is 9.10. The van der Waals surface area contributed by atoms with Crippen LogP contribution in [0.25, 0.3) is 10.8 Å². The van der Waals surface area contributed by atoms with Crippen LogP contribution in [-0.2, 0) is 0 Å². The van der Waals surface area contributed by atoms with E-state index >= 15 is 0 Å². The lowest BCUT2D eigenvalue weighted by atomic mass is 10.00. The molecule has 0 aromatic heterocycles. The molecule has 1 unspecified atom stereocenters. The van der Waals surface area contributed by atoms with Gasteiger partial charge in [-0.25, -0.2) is 0 Å². The molecule has 112 valence electrons. The first-order chi connectivity index (χ1) is 10.2. The first-order valence-corrected chi connectivity index (χ1v) is 8.61. The lowest BCUT2D eigenvalue weighted by Gasteiger charge is -2.16. The number of nitrogens with one attached hydrogen (secondary N) is 1. The lowest BCUT2D eigenvalue weighted by Crippen LogP contribution is -2.21. The van der Waals surface area contributed by atoms with E-state index in [0.29, 0.717) is 6.54 Å². The summed E-state index contributed by atoms with van der Waals surface area (Å²) in [6, 6.07) is 12.6. The number of fused-ring (bicyclic) bond motifs is 1. The van der Waals surface area contributed by atoms with E-state index in [-0.39, 0.29) is 6.10 Å². The highest BCUT2D eigenvalue weighted by atomic mass is 79.9. The van der Waals surface area contributed by atoms with E-state index in [1.807, 2.05) is 0 Å². The van der Waals surface area contributed by atoms with Crippen LogP contribution in [0.15, 0.2) is 40.9 Å². The summed E-state index contributed by atoms with van der Waals surface area (Å²) in [6.45, 7) is 0.637. The Morgan fingerprint density at radius 1 is 1.10 bits per heavy atom. The Bertz CT molecular complexity index is 607. The quantitative estimate of drug-likeness (QED) is 0.801. The van der Waals surface area contributed by atoms with Crippen molar-refractivity contribution in [3.63, 3.8) is 0 Å². The normalized spacial score (nSPS) is 17.2. The molecule has 3 rings (SSSR count). The molecule has 2 aromatic carbocycles. The third-order valence-electron chi connectivity index (χ3n) is 4.42. The minimum atomic E-state index is -0.242. The third-order valence-corrected chi connectivity index (χ3v) is 4.92. The number of halogens is 1. The summed E-state index contributed by atoms with van der Waals surface area (Å²) in [4.78, 5) is 0. The molecule has 0 aliphatic heterocycles. The van der Waals surface area contributed by atoms with Gasteiger partial charge in [-0.1, -0.05) is 53.7 Å². The Morgan fingerprint density at radius 3 is 2.62 bits per heavy atom. The van der Waals surface area contributed by atoms with Crippen LogP contribution < -0.4 is 5.32 Å². The summed E-state index contributed by atoms with van der Waals surface area (Å²) in [6.07, 6.45) is 5.96. The van der Waals surface area contributed by atoms with E-state index in [1.54, 1.807) is 0 Å². The highest BCUT2D eigenvalue weighted by Crippen LogP contribution is 2.29. The maximum atomic E-state index is 10.2. The number of hydrogen-bond donors (Lipinski definition) is 2. The van der Waals surface area contributed by atoms with Gasteiger partial charge in [-0.3, -0.25) is 0 Å². The van der Waals surface area contributed by atoms with Crippen molar-refractivity contribution < 1.29 is 5.11 Å². The van der Waals surface area contributed by atoms with Gasteiger partial charge in [0.1, 0.15) is 0 Å². The second-order valence-electron chi connectivity index (χ2n) is 6.13. The van der Waals surface area contributed by atoms with Gasteiger partial charge in [0.15, 0.2) is 0 Å². The molecule has 0 amide bonds. The zero-order chi connectivity index (χ0) is 14.7. The average Bonchev–Trinajstić information content (AvgIpc) is 2.98. The van der Waals surface area contributed by atoms with E-state index in [2.05, 4.69) is 57.6 Å². The first kappa shape index (κ1) is 14.9. The minimum Gasteiger partial charge on any atom is -0.391 e. The van der Waals surface area contributed by atoms with Crippen molar-refractivity contribution in [3.8, 4) is 0 Å². The Kier molecular flexibility index (Phi) is 4.81. The SMILES string of the molecule is OC(CNc1ccc2cc(Br)ccc2c1)CC1CCCC1. The number of anilines is 1. The molecule has 3 heteroatoms. The Labute approximate surface area is 134 Å². The molecule has 0 bridgehead atoms. The van der Waals surface area contributed by atoms with Gasteiger partial charge in [-0.2, -0.15) is 0 Å². The molecule has 0 saturated heterocycles. The smallest absolute Gasteiger partial charge is 0.0715 e. The van der Waals surface area contributed by atoms with Gasteiger partial charge in [0.2, 0.25) is 0 Å². The van der Waals surface area contributed by atoms with Gasteiger partial charge in [0.25, 0.3) is 0 Å². The van der Waals surface area contributed by atoms with Crippen LogP contribution in [0.4, 0.5) is 5.69 Å². The van der Waals surface area contributed by atoms with Crippen LogP contribution in [0, 0.1) is 5.92 Å². The van der Waals surface area contributed by atoms with Gasteiger partial charge >= 0.3 is 0 Å². The fourth-order valence-electron chi connectivity index (χ4n) is 3.28. The predicted molar refractivity (Wildman–Crippen MR) is 92.7 cm³/mol. The summed E-state index contributed by atoms with van der Waals surface area (Å²) in [5.41, 5.74) is 1.08.